The number of rotatable bonds is 3. The number of hydrogen-bond acceptors (Lipinski definition) is 2. The third-order valence-corrected chi connectivity index (χ3v) is 4.81. The van der Waals surface area contributed by atoms with E-state index in [9.17, 15) is 4.39 Å². The number of nitrogens with two attached hydrogens (primary N) is 1. The van der Waals surface area contributed by atoms with Gasteiger partial charge in [-0.05, 0) is 67.6 Å². The summed E-state index contributed by atoms with van der Waals surface area (Å²) < 4.78 is 15.1. The number of hydrogen-bond donors (Lipinski definition) is 1. The van der Waals surface area contributed by atoms with Crippen molar-refractivity contribution in [3.63, 3.8) is 0 Å². The normalized spacial score (nSPS) is 12.7. The summed E-state index contributed by atoms with van der Waals surface area (Å²) in [6, 6.07) is 8.42. The van der Waals surface area contributed by atoms with Gasteiger partial charge in [0.2, 0.25) is 0 Å². The van der Waals surface area contributed by atoms with Crippen molar-refractivity contribution in [2.75, 3.05) is 0 Å². The van der Waals surface area contributed by atoms with Gasteiger partial charge in [0.05, 0.1) is 7.57 Å². The van der Waals surface area contributed by atoms with Crippen LogP contribution in [0.25, 0.3) is 0 Å². The molecule has 0 saturated carbocycles. The largest absolute Gasteiger partial charge is 0.324 e. The molecule has 0 aliphatic heterocycles. The van der Waals surface area contributed by atoms with Crippen LogP contribution in [0.4, 0.5) is 4.39 Å². The zero-order valence-electron chi connectivity index (χ0n) is 8.79. The smallest absolute Gasteiger partial charge is 0.123 e. The quantitative estimate of drug-likeness (QED) is 0.826. The number of halogens is 3. The summed E-state index contributed by atoms with van der Waals surface area (Å²) in [5, 5.41) is 0. The Bertz CT molecular complexity index is 527. The maximum absolute atomic E-state index is 13.0. The van der Waals surface area contributed by atoms with Gasteiger partial charge in [-0.15, -0.1) is 11.3 Å². The molecule has 1 aromatic carbocycles. The summed E-state index contributed by atoms with van der Waals surface area (Å²) in [4.78, 5) is 0. The minimum absolute atomic E-state index is 0.131. The molecular formula is C12H10Br2FNS. The lowest BCUT2D eigenvalue weighted by Crippen LogP contribution is -2.13. The van der Waals surface area contributed by atoms with Crippen LogP contribution in [0.5, 0.6) is 0 Å². The van der Waals surface area contributed by atoms with Crippen molar-refractivity contribution in [3.05, 3.63) is 54.8 Å². The van der Waals surface area contributed by atoms with Crippen LogP contribution in [0.2, 0.25) is 0 Å². The summed E-state index contributed by atoms with van der Waals surface area (Å²) in [7, 11) is 0. The number of benzene rings is 1. The molecule has 1 aromatic heterocycles. The molecule has 0 radical (unpaired) electrons. The Morgan fingerprint density at radius 1 is 1.29 bits per heavy atom. The molecule has 0 aliphatic carbocycles. The van der Waals surface area contributed by atoms with Crippen LogP contribution in [0.3, 0.4) is 0 Å². The second-order valence-corrected chi connectivity index (χ2v) is 7.47. The van der Waals surface area contributed by atoms with Gasteiger partial charge in [-0.25, -0.2) is 4.39 Å². The van der Waals surface area contributed by atoms with E-state index in [1.165, 1.54) is 12.1 Å². The minimum Gasteiger partial charge on any atom is -0.324 e. The molecule has 2 N–H and O–H groups in total. The Kier molecular flexibility index (Phi) is 4.36. The molecule has 90 valence electrons. The van der Waals surface area contributed by atoms with Crippen LogP contribution in [-0.4, -0.2) is 0 Å². The van der Waals surface area contributed by atoms with Crippen molar-refractivity contribution in [1.82, 2.24) is 0 Å². The maximum atomic E-state index is 13.0. The van der Waals surface area contributed by atoms with Crippen molar-refractivity contribution < 1.29 is 4.39 Å². The fourth-order valence-electron chi connectivity index (χ4n) is 1.63. The van der Waals surface area contributed by atoms with E-state index in [0.29, 0.717) is 6.42 Å². The van der Waals surface area contributed by atoms with E-state index in [4.69, 9.17) is 5.73 Å². The Morgan fingerprint density at radius 2 is 2.06 bits per heavy atom. The lowest BCUT2D eigenvalue weighted by molar-refractivity contribution is 0.622. The molecule has 5 heteroatoms. The van der Waals surface area contributed by atoms with Crippen molar-refractivity contribution in [3.8, 4) is 0 Å². The van der Waals surface area contributed by atoms with E-state index >= 15 is 0 Å². The van der Waals surface area contributed by atoms with Gasteiger partial charge in [-0.1, -0.05) is 12.1 Å². The molecule has 1 heterocycles. The van der Waals surface area contributed by atoms with Gasteiger partial charge in [0.25, 0.3) is 0 Å². The summed E-state index contributed by atoms with van der Waals surface area (Å²) in [6.45, 7) is 0. The Morgan fingerprint density at radius 3 is 2.65 bits per heavy atom. The highest BCUT2D eigenvalue weighted by molar-refractivity contribution is 9.12. The standard InChI is InChI=1S/C12H10Br2FNS/c13-11-6-9(12(14)17-11)10(16)5-7-2-1-3-8(15)4-7/h1-4,6,10H,5,16H2. The SMILES string of the molecule is NC(Cc1cccc(F)c1)c1cc(Br)sc1Br. The highest BCUT2D eigenvalue weighted by atomic mass is 79.9. The first-order chi connectivity index (χ1) is 8.06. The molecule has 0 spiro atoms. The van der Waals surface area contributed by atoms with Crippen molar-refractivity contribution in [2.45, 2.75) is 12.5 Å². The summed E-state index contributed by atoms with van der Waals surface area (Å²) in [6.07, 6.45) is 0.625. The highest BCUT2D eigenvalue weighted by Gasteiger charge is 2.14. The van der Waals surface area contributed by atoms with E-state index < -0.39 is 0 Å². The molecule has 0 amide bonds. The van der Waals surface area contributed by atoms with E-state index in [0.717, 1.165) is 18.7 Å². The monoisotopic (exact) mass is 377 g/mol. The average Bonchev–Trinajstić information content (AvgIpc) is 2.58. The number of thiophene rings is 1. The molecule has 1 atom stereocenters. The lowest BCUT2D eigenvalue weighted by Gasteiger charge is -2.11. The summed E-state index contributed by atoms with van der Waals surface area (Å²) in [5.41, 5.74) is 8.08. The fourth-order valence-corrected chi connectivity index (χ4v) is 4.63. The van der Waals surface area contributed by atoms with Crippen molar-refractivity contribution >= 4 is 43.2 Å². The van der Waals surface area contributed by atoms with Gasteiger partial charge in [0.1, 0.15) is 5.82 Å². The van der Waals surface area contributed by atoms with Gasteiger partial charge in [-0.3, -0.25) is 0 Å². The molecule has 0 fully saturated rings. The molecule has 0 aliphatic rings. The zero-order chi connectivity index (χ0) is 12.4. The lowest BCUT2D eigenvalue weighted by atomic mass is 10.0. The highest BCUT2D eigenvalue weighted by Crippen LogP contribution is 2.35. The Labute approximate surface area is 120 Å². The first-order valence-electron chi connectivity index (χ1n) is 5.01. The van der Waals surface area contributed by atoms with Crippen LogP contribution in [-0.2, 0) is 6.42 Å². The van der Waals surface area contributed by atoms with Crippen LogP contribution in [0, 0.1) is 5.82 Å². The molecular weight excluding hydrogens is 369 g/mol. The molecule has 1 nitrogen and oxygen atoms in total. The van der Waals surface area contributed by atoms with Crippen LogP contribution >= 0.6 is 43.2 Å². The van der Waals surface area contributed by atoms with E-state index in [1.807, 2.05) is 12.1 Å². The third kappa shape index (κ3) is 3.37. The summed E-state index contributed by atoms with van der Waals surface area (Å²) >= 11 is 8.49. The second kappa shape index (κ2) is 5.61. The van der Waals surface area contributed by atoms with Crippen molar-refractivity contribution in [2.24, 2.45) is 5.73 Å². The molecule has 2 aromatic rings. The van der Waals surface area contributed by atoms with Gasteiger partial charge < -0.3 is 5.73 Å². The molecule has 1 unspecified atom stereocenters. The van der Waals surface area contributed by atoms with Crippen LogP contribution in [0.15, 0.2) is 37.9 Å². The van der Waals surface area contributed by atoms with E-state index in [1.54, 1.807) is 17.4 Å². The first-order valence-corrected chi connectivity index (χ1v) is 7.41. The van der Waals surface area contributed by atoms with Gasteiger partial charge in [-0.2, -0.15) is 0 Å². The summed E-state index contributed by atoms with van der Waals surface area (Å²) in [5.74, 6) is -0.222. The Balaban J connectivity index is 2.16. The predicted molar refractivity (Wildman–Crippen MR) is 76.8 cm³/mol. The fraction of sp³-hybridized carbons (Fsp3) is 0.167. The third-order valence-electron chi connectivity index (χ3n) is 2.43. The Hall–Kier alpha value is -0.230. The van der Waals surface area contributed by atoms with Crippen LogP contribution < -0.4 is 5.73 Å². The molecule has 2 rings (SSSR count). The van der Waals surface area contributed by atoms with E-state index in [-0.39, 0.29) is 11.9 Å². The van der Waals surface area contributed by atoms with Gasteiger partial charge >= 0.3 is 0 Å². The van der Waals surface area contributed by atoms with E-state index in [2.05, 4.69) is 31.9 Å². The zero-order valence-corrected chi connectivity index (χ0v) is 12.8. The van der Waals surface area contributed by atoms with Crippen molar-refractivity contribution in [1.29, 1.82) is 0 Å². The molecule has 0 saturated heterocycles. The van der Waals surface area contributed by atoms with Crippen LogP contribution in [0.1, 0.15) is 17.2 Å². The van der Waals surface area contributed by atoms with Gasteiger partial charge in [0, 0.05) is 6.04 Å². The molecule has 0 bridgehead atoms. The minimum atomic E-state index is -0.222. The first kappa shape index (κ1) is 13.2. The second-order valence-electron chi connectivity index (χ2n) is 3.72. The van der Waals surface area contributed by atoms with Gasteiger partial charge in [0.15, 0.2) is 0 Å². The average molecular weight is 379 g/mol. The topological polar surface area (TPSA) is 26.0 Å². The molecule has 17 heavy (non-hydrogen) atoms. The predicted octanol–water partition coefficient (Wildman–Crippen LogP) is 4.65. The maximum Gasteiger partial charge on any atom is 0.123 e.